The predicted octanol–water partition coefficient (Wildman–Crippen LogP) is 2.74. The van der Waals surface area contributed by atoms with E-state index in [2.05, 4.69) is 4.98 Å². The van der Waals surface area contributed by atoms with Crippen LogP contribution in [0.2, 0.25) is 0 Å². The van der Waals surface area contributed by atoms with Crippen molar-refractivity contribution in [3.05, 3.63) is 41.3 Å². The van der Waals surface area contributed by atoms with Crippen molar-refractivity contribution in [2.75, 3.05) is 0 Å². The van der Waals surface area contributed by atoms with Crippen molar-refractivity contribution in [3.63, 3.8) is 0 Å². The summed E-state index contributed by atoms with van der Waals surface area (Å²) < 4.78 is 13.2. The number of rotatable bonds is 1. The third-order valence-electron chi connectivity index (χ3n) is 2.38. The summed E-state index contributed by atoms with van der Waals surface area (Å²) in [6, 6.07) is 6.40. The Balaban J connectivity index is 2.81. The highest BCUT2D eigenvalue weighted by Crippen LogP contribution is 2.24. The van der Waals surface area contributed by atoms with E-state index in [1.54, 1.807) is 6.92 Å². The fraction of sp³-hybridized carbons (Fsp3) is 0.250. The highest BCUT2D eigenvalue weighted by molar-refractivity contribution is 5.82. The van der Waals surface area contributed by atoms with Gasteiger partial charge in [-0.3, -0.25) is 4.98 Å². The van der Waals surface area contributed by atoms with Crippen LogP contribution in [0, 0.1) is 12.7 Å². The van der Waals surface area contributed by atoms with Crippen LogP contribution in [0.1, 0.15) is 24.3 Å². The first kappa shape index (κ1) is 10.1. The number of aromatic nitrogens is 1. The Labute approximate surface area is 87.4 Å². The first-order valence-electron chi connectivity index (χ1n) is 4.83. The summed E-state index contributed by atoms with van der Waals surface area (Å²) in [7, 11) is 0. The van der Waals surface area contributed by atoms with Crippen LogP contribution in [0.4, 0.5) is 4.39 Å². The number of pyridine rings is 1. The summed E-state index contributed by atoms with van der Waals surface area (Å²) in [5.41, 5.74) is 2.07. The number of aliphatic hydroxyl groups is 1. The van der Waals surface area contributed by atoms with Gasteiger partial charge in [-0.1, -0.05) is 6.07 Å². The summed E-state index contributed by atoms with van der Waals surface area (Å²) in [5, 5.41) is 10.2. The third-order valence-corrected chi connectivity index (χ3v) is 2.38. The molecule has 2 nitrogen and oxygen atoms in total. The molecule has 1 unspecified atom stereocenters. The molecule has 0 amide bonds. The Morgan fingerprint density at radius 2 is 2.07 bits per heavy atom. The number of nitrogens with zero attached hydrogens (tertiary/aromatic N) is 1. The van der Waals surface area contributed by atoms with E-state index in [4.69, 9.17) is 0 Å². The van der Waals surface area contributed by atoms with Crippen LogP contribution >= 0.6 is 0 Å². The second kappa shape index (κ2) is 3.59. The Morgan fingerprint density at radius 3 is 2.73 bits per heavy atom. The topological polar surface area (TPSA) is 33.1 Å². The molecule has 0 radical (unpaired) electrons. The molecule has 0 fully saturated rings. The Kier molecular flexibility index (Phi) is 2.40. The molecule has 0 spiro atoms. The van der Waals surface area contributed by atoms with E-state index < -0.39 is 6.10 Å². The highest BCUT2D eigenvalue weighted by Gasteiger charge is 2.10. The fourth-order valence-electron chi connectivity index (χ4n) is 1.64. The second-order valence-electron chi connectivity index (χ2n) is 3.70. The van der Waals surface area contributed by atoms with Crippen LogP contribution in [0.5, 0.6) is 0 Å². The number of aliphatic hydroxyl groups excluding tert-OH is 1. The maximum atomic E-state index is 13.2. The molecule has 0 aliphatic rings. The Morgan fingerprint density at radius 1 is 1.33 bits per heavy atom. The molecule has 1 N–H and O–H groups in total. The first-order valence-corrected chi connectivity index (χ1v) is 4.83. The van der Waals surface area contributed by atoms with Gasteiger partial charge < -0.3 is 5.11 Å². The van der Waals surface area contributed by atoms with Gasteiger partial charge in [0.1, 0.15) is 5.82 Å². The summed E-state index contributed by atoms with van der Waals surface area (Å²) in [5.74, 6) is -0.343. The highest BCUT2D eigenvalue weighted by atomic mass is 19.1. The van der Waals surface area contributed by atoms with Crippen molar-refractivity contribution in [2.24, 2.45) is 0 Å². The van der Waals surface area contributed by atoms with Crippen molar-refractivity contribution >= 4 is 10.9 Å². The zero-order chi connectivity index (χ0) is 11.0. The lowest BCUT2D eigenvalue weighted by molar-refractivity contribution is 0.200. The van der Waals surface area contributed by atoms with E-state index in [0.29, 0.717) is 11.1 Å². The van der Waals surface area contributed by atoms with Gasteiger partial charge in [0.05, 0.1) is 11.6 Å². The van der Waals surface area contributed by atoms with E-state index in [-0.39, 0.29) is 5.82 Å². The first-order chi connectivity index (χ1) is 7.08. The molecule has 2 aromatic rings. The van der Waals surface area contributed by atoms with Crippen molar-refractivity contribution in [2.45, 2.75) is 20.0 Å². The van der Waals surface area contributed by atoms with Gasteiger partial charge in [-0.15, -0.1) is 0 Å². The van der Waals surface area contributed by atoms with Gasteiger partial charge in [-0.05, 0) is 32.0 Å². The monoisotopic (exact) mass is 205 g/mol. The summed E-state index contributed by atoms with van der Waals surface area (Å²) >= 11 is 0. The lowest BCUT2D eigenvalue weighted by Gasteiger charge is -2.09. The Bertz CT molecular complexity index is 508. The molecule has 0 saturated carbocycles. The molecule has 1 aromatic carbocycles. The van der Waals surface area contributed by atoms with Crippen LogP contribution in [0.25, 0.3) is 10.9 Å². The molecular formula is C12H12FNO. The number of fused-ring (bicyclic) bond motifs is 1. The number of hydrogen-bond donors (Lipinski definition) is 1. The van der Waals surface area contributed by atoms with Crippen LogP contribution in [-0.2, 0) is 0 Å². The van der Waals surface area contributed by atoms with Gasteiger partial charge >= 0.3 is 0 Å². The second-order valence-corrected chi connectivity index (χ2v) is 3.70. The molecule has 0 aliphatic heterocycles. The molecule has 0 aliphatic carbocycles. The quantitative estimate of drug-likeness (QED) is 0.776. The molecule has 0 saturated heterocycles. The number of halogens is 1. The normalized spacial score (nSPS) is 13.1. The molecule has 2 rings (SSSR count). The minimum atomic E-state index is -0.711. The molecule has 78 valence electrons. The van der Waals surface area contributed by atoms with Gasteiger partial charge in [0, 0.05) is 16.6 Å². The van der Waals surface area contributed by atoms with E-state index in [1.165, 1.54) is 12.1 Å². The van der Waals surface area contributed by atoms with E-state index in [9.17, 15) is 9.50 Å². The number of hydrogen-bond acceptors (Lipinski definition) is 2. The van der Waals surface area contributed by atoms with Crippen molar-refractivity contribution < 1.29 is 9.50 Å². The van der Waals surface area contributed by atoms with E-state index in [1.807, 2.05) is 19.1 Å². The summed E-state index contributed by atoms with van der Waals surface area (Å²) in [6.07, 6.45) is -0.711. The van der Waals surface area contributed by atoms with Crippen molar-refractivity contribution in [1.29, 1.82) is 0 Å². The molecule has 1 heterocycles. The van der Waals surface area contributed by atoms with Gasteiger partial charge in [0.25, 0.3) is 0 Å². The fourth-order valence-corrected chi connectivity index (χ4v) is 1.64. The van der Waals surface area contributed by atoms with Crippen molar-refractivity contribution in [3.8, 4) is 0 Å². The minimum absolute atomic E-state index is 0.343. The summed E-state index contributed by atoms with van der Waals surface area (Å²) in [6.45, 7) is 3.48. The van der Waals surface area contributed by atoms with Gasteiger partial charge in [-0.25, -0.2) is 4.39 Å². The van der Waals surface area contributed by atoms with Crippen molar-refractivity contribution in [1.82, 2.24) is 4.98 Å². The molecule has 1 atom stereocenters. The van der Waals surface area contributed by atoms with Gasteiger partial charge in [0.15, 0.2) is 0 Å². The maximum absolute atomic E-state index is 13.2. The predicted molar refractivity (Wildman–Crippen MR) is 57.1 cm³/mol. The van der Waals surface area contributed by atoms with Crippen LogP contribution < -0.4 is 0 Å². The average molecular weight is 205 g/mol. The van der Waals surface area contributed by atoms with Crippen LogP contribution in [0.3, 0.4) is 0 Å². The van der Waals surface area contributed by atoms with E-state index >= 15 is 0 Å². The zero-order valence-electron chi connectivity index (χ0n) is 8.66. The standard InChI is InChI=1S/C12H12FNO/c1-7-3-4-9-5-10(13)6-11(8(2)15)12(9)14-7/h3-6,8,15H,1-2H3. The molecular weight excluding hydrogens is 193 g/mol. The molecule has 0 bridgehead atoms. The van der Waals surface area contributed by atoms with Gasteiger partial charge in [-0.2, -0.15) is 0 Å². The average Bonchev–Trinajstić information content (AvgIpc) is 2.17. The lowest BCUT2D eigenvalue weighted by Crippen LogP contribution is -1.97. The largest absolute Gasteiger partial charge is 0.389 e. The number of aryl methyl sites for hydroxylation is 1. The minimum Gasteiger partial charge on any atom is -0.389 e. The molecule has 3 heteroatoms. The van der Waals surface area contributed by atoms with Crippen LogP contribution in [-0.4, -0.2) is 10.1 Å². The third kappa shape index (κ3) is 1.83. The van der Waals surface area contributed by atoms with Crippen LogP contribution in [0.15, 0.2) is 24.3 Å². The van der Waals surface area contributed by atoms with E-state index in [0.717, 1.165) is 11.1 Å². The zero-order valence-corrected chi connectivity index (χ0v) is 8.66. The smallest absolute Gasteiger partial charge is 0.124 e. The number of benzene rings is 1. The molecule has 15 heavy (non-hydrogen) atoms. The maximum Gasteiger partial charge on any atom is 0.124 e. The van der Waals surface area contributed by atoms with Gasteiger partial charge in [0.2, 0.25) is 0 Å². The summed E-state index contributed by atoms with van der Waals surface area (Å²) in [4.78, 5) is 4.31. The molecule has 1 aromatic heterocycles. The lowest BCUT2D eigenvalue weighted by atomic mass is 10.1. The Hall–Kier alpha value is -1.48. The SMILES string of the molecule is Cc1ccc2cc(F)cc(C(C)O)c2n1.